The Morgan fingerprint density at radius 1 is 1.43 bits per heavy atom. The minimum atomic E-state index is -0.994. The van der Waals surface area contributed by atoms with Crippen LogP contribution in [0.1, 0.15) is 31.7 Å². The first-order valence-corrected chi connectivity index (χ1v) is 7.26. The zero-order valence-corrected chi connectivity index (χ0v) is 12.3. The fourth-order valence-corrected chi connectivity index (χ4v) is 2.08. The van der Waals surface area contributed by atoms with Crippen molar-refractivity contribution in [1.82, 2.24) is 0 Å². The summed E-state index contributed by atoms with van der Waals surface area (Å²) in [5.41, 5.74) is 0.613. The SMILES string of the molecule is CCCCOCC(O)CC(Cc1cccc(F)c1)C(=O)O. The van der Waals surface area contributed by atoms with Crippen LogP contribution in [0.25, 0.3) is 0 Å². The molecular formula is C16H23FO4. The summed E-state index contributed by atoms with van der Waals surface area (Å²) in [6, 6.07) is 5.87. The Balaban J connectivity index is 2.48. The monoisotopic (exact) mass is 298 g/mol. The van der Waals surface area contributed by atoms with Crippen molar-refractivity contribution >= 4 is 5.97 Å². The third-order valence-corrected chi connectivity index (χ3v) is 3.23. The molecule has 0 aliphatic heterocycles. The third kappa shape index (κ3) is 7.20. The van der Waals surface area contributed by atoms with Gasteiger partial charge >= 0.3 is 5.97 Å². The van der Waals surface area contributed by atoms with Crippen molar-refractivity contribution in [3.05, 3.63) is 35.6 Å². The predicted octanol–water partition coefficient (Wildman–Crippen LogP) is 2.64. The first-order valence-electron chi connectivity index (χ1n) is 7.26. The maximum Gasteiger partial charge on any atom is 0.306 e. The van der Waals surface area contributed by atoms with E-state index in [0.717, 1.165) is 12.8 Å². The van der Waals surface area contributed by atoms with Crippen molar-refractivity contribution in [3.63, 3.8) is 0 Å². The van der Waals surface area contributed by atoms with E-state index < -0.39 is 18.0 Å². The number of ether oxygens (including phenoxy) is 1. The standard InChI is InChI=1S/C16H23FO4/c1-2-3-7-21-11-15(18)10-13(16(19)20)8-12-5-4-6-14(17)9-12/h4-6,9,13,15,18H,2-3,7-8,10-11H2,1H3,(H,19,20). The van der Waals surface area contributed by atoms with Gasteiger partial charge in [-0.15, -0.1) is 0 Å². The number of aliphatic hydroxyl groups excluding tert-OH is 1. The molecule has 0 bridgehead atoms. The van der Waals surface area contributed by atoms with Crippen molar-refractivity contribution < 1.29 is 24.1 Å². The molecule has 2 N–H and O–H groups in total. The van der Waals surface area contributed by atoms with Crippen molar-refractivity contribution in [2.24, 2.45) is 5.92 Å². The van der Waals surface area contributed by atoms with E-state index in [-0.39, 0.29) is 25.3 Å². The lowest BCUT2D eigenvalue weighted by Gasteiger charge is -2.17. The number of carboxylic acid groups (broad SMARTS) is 1. The first-order chi connectivity index (χ1) is 10.0. The highest BCUT2D eigenvalue weighted by Crippen LogP contribution is 2.16. The van der Waals surface area contributed by atoms with Crippen molar-refractivity contribution in [3.8, 4) is 0 Å². The second-order valence-electron chi connectivity index (χ2n) is 5.19. The second-order valence-corrected chi connectivity index (χ2v) is 5.19. The molecule has 2 unspecified atom stereocenters. The average Bonchev–Trinajstić information content (AvgIpc) is 2.43. The Labute approximate surface area is 124 Å². The minimum Gasteiger partial charge on any atom is -0.481 e. The van der Waals surface area contributed by atoms with Gasteiger partial charge in [-0.1, -0.05) is 25.5 Å². The topological polar surface area (TPSA) is 66.8 Å². The molecule has 21 heavy (non-hydrogen) atoms. The van der Waals surface area contributed by atoms with Crippen LogP contribution in [0, 0.1) is 11.7 Å². The molecule has 0 saturated heterocycles. The van der Waals surface area contributed by atoms with E-state index in [1.54, 1.807) is 12.1 Å². The molecule has 0 saturated carbocycles. The molecule has 4 nitrogen and oxygen atoms in total. The summed E-state index contributed by atoms with van der Waals surface area (Å²) in [6.45, 7) is 2.74. The number of rotatable bonds is 10. The summed E-state index contributed by atoms with van der Waals surface area (Å²) in [5, 5.41) is 19.1. The van der Waals surface area contributed by atoms with E-state index >= 15 is 0 Å². The van der Waals surface area contributed by atoms with Crippen LogP contribution in [0.4, 0.5) is 4.39 Å². The fourth-order valence-electron chi connectivity index (χ4n) is 2.08. The van der Waals surface area contributed by atoms with Gasteiger partial charge in [0.05, 0.1) is 18.6 Å². The molecular weight excluding hydrogens is 275 g/mol. The van der Waals surface area contributed by atoms with E-state index in [2.05, 4.69) is 0 Å². The van der Waals surface area contributed by atoms with Gasteiger partial charge in [0.25, 0.3) is 0 Å². The van der Waals surface area contributed by atoms with Crippen LogP contribution in [0.5, 0.6) is 0 Å². The van der Waals surface area contributed by atoms with Gasteiger partial charge in [0, 0.05) is 6.61 Å². The summed E-state index contributed by atoms with van der Waals surface area (Å²) < 4.78 is 18.4. The summed E-state index contributed by atoms with van der Waals surface area (Å²) in [5.74, 6) is -2.14. The molecule has 0 aliphatic carbocycles. The largest absolute Gasteiger partial charge is 0.481 e. The Hall–Kier alpha value is -1.46. The lowest BCUT2D eigenvalue weighted by molar-refractivity contribution is -0.143. The molecule has 0 aliphatic rings. The highest BCUT2D eigenvalue weighted by molar-refractivity contribution is 5.70. The molecule has 1 rings (SSSR count). The minimum absolute atomic E-state index is 0.0952. The molecule has 0 heterocycles. The van der Waals surface area contributed by atoms with Gasteiger partial charge in [-0.05, 0) is 37.0 Å². The second kappa shape index (κ2) is 9.47. The van der Waals surface area contributed by atoms with Gasteiger partial charge in [0.15, 0.2) is 0 Å². The third-order valence-electron chi connectivity index (χ3n) is 3.23. The fraction of sp³-hybridized carbons (Fsp3) is 0.562. The van der Waals surface area contributed by atoms with Crippen LogP contribution >= 0.6 is 0 Å². The molecule has 0 amide bonds. The zero-order chi connectivity index (χ0) is 15.7. The molecule has 0 spiro atoms. The van der Waals surface area contributed by atoms with Gasteiger partial charge in [-0.2, -0.15) is 0 Å². The smallest absolute Gasteiger partial charge is 0.306 e. The highest BCUT2D eigenvalue weighted by atomic mass is 19.1. The molecule has 2 atom stereocenters. The maximum atomic E-state index is 13.1. The molecule has 118 valence electrons. The Kier molecular flexibility index (Phi) is 7.93. The van der Waals surface area contributed by atoms with E-state index in [1.807, 2.05) is 6.92 Å². The normalized spacial score (nSPS) is 13.9. The number of carboxylic acids is 1. The van der Waals surface area contributed by atoms with Crippen molar-refractivity contribution in [1.29, 1.82) is 0 Å². The van der Waals surface area contributed by atoms with Gasteiger partial charge < -0.3 is 14.9 Å². The van der Waals surface area contributed by atoms with E-state index in [4.69, 9.17) is 4.74 Å². The molecule has 5 heteroatoms. The summed E-state index contributed by atoms with van der Waals surface area (Å²) in [6.07, 6.45) is 1.39. The number of unbranched alkanes of at least 4 members (excludes halogenated alkanes) is 1. The molecule has 1 aromatic rings. The lowest BCUT2D eigenvalue weighted by Crippen LogP contribution is -2.26. The molecule has 0 radical (unpaired) electrons. The predicted molar refractivity (Wildman–Crippen MR) is 77.6 cm³/mol. The molecule has 1 aromatic carbocycles. The number of hydrogen-bond donors (Lipinski definition) is 2. The lowest BCUT2D eigenvalue weighted by atomic mass is 9.94. The van der Waals surface area contributed by atoms with Gasteiger partial charge in [-0.25, -0.2) is 4.39 Å². The number of hydrogen-bond acceptors (Lipinski definition) is 3. The molecule has 0 fully saturated rings. The summed E-state index contributed by atoms with van der Waals surface area (Å²) in [4.78, 5) is 11.3. The maximum absolute atomic E-state index is 13.1. The Morgan fingerprint density at radius 3 is 2.81 bits per heavy atom. The quantitative estimate of drug-likeness (QED) is 0.652. The molecule has 0 aromatic heterocycles. The van der Waals surface area contributed by atoms with Crippen LogP contribution in [0.2, 0.25) is 0 Å². The van der Waals surface area contributed by atoms with Crippen LogP contribution in [0.15, 0.2) is 24.3 Å². The van der Waals surface area contributed by atoms with Gasteiger partial charge in [0.2, 0.25) is 0 Å². The Bertz CT molecular complexity index is 436. The first kappa shape index (κ1) is 17.6. The van der Waals surface area contributed by atoms with Crippen LogP contribution < -0.4 is 0 Å². The van der Waals surface area contributed by atoms with E-state index in [9.17, 15) is 19.4 Å². The summed E-state index contributed by atoms with van der Waals surface area (Å²) >= 11 is 0. The van der Waals surface area contributed by atoms with Gasteiger partial charge in [-0.3, -0.25) is 4.79 Å². The zero-order valence-electron chi connectivity index (χ0n) is 12.3. The average molecular weight is 298 g/mol. The van der Waals surface area contributed by atoms with Crippen LogP contribution in [-0.4, -0.2) is 35.5 Å². The summed E-state index contributed by atoms with van der Waals surface area (Å²) in [7, 11) is 0. The highest BCUT2D eigenvalue weighted by Gasteiger charge is 2.22. The van der Waals surface area contributed by atoms with Crippen molar-refractivity contribution in [2.75, 3.05) is 13.2 Å². The number of aliphatic hydroxyl groups is 1. The number of halogens is 1. The number of benzene rings is 1. The van der Waals surface area contributed by atoms with Crippen LogP contribution in [0.3, 0.4) is 0 Å². The van der Waals surface area contributed by atoms with Crippen LogP contribution in [-0.2, 0) is 16.0 Å². The number of aliphatic carboxylic acids is 1. The van der Waals surface area contributed by atoms with Crippen molar-refractivity contribution in [2.45, 2.75) is 38.7 Å². The van der Waals surface area contributed by atoms with E-state index in [1.165, 1.54) is 12.1 Å². The Morgan fingerprint density at radius 2 is 2.19 bits per heavy atom. The van der Waals surface area contributed by atoms with E-state index in [0.29, 0.717) is 12.2 Å². The number of carbonyl (C=O) groups is 1. The van der Waals surface area contributed by atoms with Gasteiger partial charge in [0.1, 0.15) is 5.82 Å².